The minimum atomic E-state index is -0.475. The summed E-state index contributed by atoms with van der Waals surface area (Å²) in [5, 5.41) is 5.66. The first kappa shape index (κ1) is 14.2. The van der Waals surface area contributed by atoms with Gasteiger partial charge in [0.15, 0.2) is 0 Å². The molecular weight excluding hydrogens is 232 g/mol. The van der Waals surface area contributed by atoms with Crippen LogP contribution in [0.1, 0.15) is 26.5 Å². The molecule has 0 aliphatic heterocycles. The van der Waals surface area contributed by atoms with Gasteiger partial charge in [0.2, 0.25) is 5.95 Å². The van der Waals surface area contributed by atoms with Gasteiger partial charge in [0, 0.05) is 25.0 Å². The van der Waals surface area contributed by atoms with Crippen molar-refractivity contribution in [3.8, 4) is 0 Å². The van der Waals surface area contributed by atoms with Gasteiger partial charge in [-0.1, -0.05) is 0 Å². The lowest BCUT2D eigenvalue weighted by atomic mass is 10.2. The molecule has 100 valence electrons. The Kier molecular flexibility index (Phi) is 4.88. The van der Waals surface area contributed by atoms with Crippen LogP contribution < -0.4 is 10.6 Å². The van der Waals surface area contributed by atoms with Gasteiger partial charge < -0.3 is 15.4 Å². The zero-order valence-corrected chi connectivity index (χ0v) is 11.3. The van der Waals surface area contributed by atoms with Crippen molar-refractivity contribution in [2.24, 2.45) is 0 Å². The predicted octanol–water partition coefficient (Wildman–Crippen LogP) is 1.72. The van der Waals surface area contributed by atoms with Gasteiger partial charge in [0.05, 0.1) is 0 Å². The lowest BCUT2D eigenvalue weighted by molar-refractivity contribution is 0.0530. The quantitative estimate of drug-likeness (QED) is 0.798. The number of anilines is 1. The van der Waals surface area contributed by atoms with Gasteiger partial charge in [0.1, 0.15) is 5.60 Å². The van der Waals surface area contributed by atoms with Crippen LogP contribution in [0.15, 0.2) is 12.3 Å². The third kappa shape index (κ3) is 6.03. The number of nitrogens with one attached hydrogen (secondary N) is 2. The summed E-state index contributed by atoms with van der Waals surface area (Å²) >= 11 is 0. The number of amides is 1. The molecule has 0 fully saturated rings. The number of aryl methyl sites for hydroxylation is 1. The first-order chi connectivity index (χ1) is 8.37. The molecule has 1 aromatic heterocycles. The van der Waals surface area contributed by atoms with E-state index in [4.69, 9.17) is 4.74 Å². The SMILES string of the molecule is Cc1ccnc(NCCNC(=O)OC(C)(C)C)n1. The van der Waals surface area contributed by atoms with Gasteiger partial charge in [-0.2, -0.15) is 0 Å². The van der Waals surface area contributed by atoms with E-state index in [0.29, 0.717) is 19.0 Å². The molecule has 1 heterocycles. The highest BCUT2D eigenvalue weighted by atomic mass is 16.6. The molecule has 0 radical (unpaired) electrons. The maximum absolute atomic E-state index is 11.3. The first-order valence-electron chi connectivity index (χ1n) is 5.87. The van der Waals surface area contributed by atoms with E-state index >= 15 is 0 Å². The van der Waals surface area contributed by atoms with Crippen LogP contribution in [0.3, 0.4) is 0 Å². The molecule has 18 heavy (non-hydrogen) atoms. The molecule has 0 aromatic carbocycles. The fourth-order valence-corrected chi connectivity index (χ4v) is 1.19. The molecule has 6 heteroatoms. The molecule has 6 nitrogen and oxygen atoms in total. The van der Waals surface area contributed by atoms with Gasteiger partial charge >= 0.3 is 6.09 Å². The maximum atomic E-state index is 11.3. The second kappa shape index (κ2) is 6.18. The summed E-state index contributed by atoms with van der Waals surface area (Å²) in [6.07, 6.45) is 1.26. The van der Waals surface area contributed by atoms with Gasteiger partial charge in [-0.25, -0.2) is 14.8 Å². The number of aromatic nitrogens is 2. The Morgan fingerprint density at radius 2 is 2.11 bits per heavy atom. The zero-order valence-electron chi connectivity index (χ0n) is 11.3. The van der Waals surface area contributed by atoms with Crippen molar-refractivity contribution in [3.05, 3.63) is 18.0 Å². The fourth-order valence-electron chi connectivity index (χ4n) is 1.19. The van der Waals surface area contributed by atoms with Crippen LogP contribution >= 0.6 is 0 Å². The Morgan fingerprint density at radius 3 is 2.72 bits per heavy atom. The van der Waals surface area contributed by atoms with Gasteiger partial charge in [0.25, 0.3) is 0 Å². The summed E-state index contributed by atoms with van der Waals surface area (Å²) in [5.74, 6) is 0.556. The van der Waals surface area contributed by atoms with Crippen molar-refractivity contribution < 1.29 is 9.53 Å². The van der Waals surface area contributed by atoms with E-state index < -0.39 is 11.7 Å². The highest BCUT2D eigenvalue weighted by Gasteiger charge is 2.15. The molecule has 0 atom stereocenters. The minimum Gasteiger partial charge on any atom is -0.444 e. The number of ether oxygens (including phenoxy) is 1. The molecule has 1 rings (SSSR count). The number of carbonyl (C=O) groups is 1. The minimum absolute atomic E-state index is 0.422. The summed E-state index contributed by atoms with van der Waals surface area (Å²) < 4.78 is 5.10. The first-order valence-corrected chi connectivity index (χ1v) is 5.87. The van der Waals surface area contributed by atoms with Crippen LogP contribution in [0, 0.1) is 6.92 Å². The second-order valence-electron chi connectivity index (χ2n) is 4.88. The molecule has 0 aliphatic rings. The normalized spacial score (nSPS) is 10.9. The van der Waals surface area contributed by atoms with E-state index in [1.807, 2.05) is 33.8 Å². The number of alkyl carbamates (subject to hydrolysis) is 1. The lowest BCUT2D eigenvalue weighted by Crippen LogP contribution is -2.35. The third-order valence-electron chi connectivity index (χ3n) is 1.87. The fraction of sp³-hybridized carbons (Fsp3) is 0.583. The summed E-state index contributed by atoms with van der Waals surface area (Å²) in [6.45, 7) is 8.36. The van der Waals surface area contributed by atoms with Gasteiger partial charge in [-0.15, -0.1) is 0 Å². The Hall–Kier alpha value is -1.85. The molecule has 2 N–H and O–H groups in total. The van der Waals surface area contributed by atoms with E-state index in [1.165, 1.54) is 0 Å². The van der Waals surface area contributed by atoms with Crippen molar-refractivity contribution in [1.82, 2.24) is 15.3 Å². The Balaban J connectivity index is 2.21. The molecular formula is C12H20N4O2. The predicted molar refractivity (Wildman–Crippen MR) is 69.5 cm³/mol. The van der Waals surface area contributed by atoms with E-state index in [2.05, 4.69) is 20.6 Å². The van der Waals surface area contributed by atoms with Crippen molar-refractivity contribution in [2.75, 3.05) is 18.4 Å². The van der Waals surface area contributed by atoms with Crippen molar-refractivity contribution in [3.63, 3.8) is 0 Å². The molecule has 0 unspecified atom stereocenters. The van der Waals surface area contributed by atoms with Crippen LogP contribution in [0.25, 0.3) is 0 Å². The van der Waals surface area contributed by atoms with Crippen molar-refractivity contribution in [1.29, 1.82) is 0 Å². The van der Waals surface area contributed by atoms with E-state index in [0.717, 1.165) is 5.69 Å². The van der Waals surface area contributed by atoms with E-state index in [9.17, 15) is 4.79 Å². The van der Waals surface area contributed by atoms with Crippen molar-refractivity contribution in [2.45, 2.75) is 33.3 Å². The zero-order chi connectivity index (χ0) is 13.6. The highest BCUT2D eigenvalue weighted by molar-refractivity contribution is 5.67. The highest BCUT2D eigenvalue weighted by Crippen LogP contribution is 2.06. The number of hydrogen-bond donors (Lipinski definition) is 2. The number of hydrogen-bond acceptors (Lipinski definition) is 5. The summed E-state index contributed by atoms with van der Waals surface area (Å²) in [6, 6.07) is 1.82. The Morgan fingerprint density at radius 1 is 1.39 bits per heavy atom. The van der Waals surface area contributed by atoms with Crippen LogP contribution in [-0.4, -0.2) is 34.8 Å². The molecule has 0 saturated carbocycles. The summed E-state index contributed by atoms with van der Waals surface area (Å²) in [4.78, 5) is 19.6. The molecule has 1 amide bonds. The average molecular weight is 252 g/mol. The maximum Gasteiger partial charge on any atom is 0.407 e. The largest absolute Gasteiger partial charge is 0.444 e. The monoisotopic (exact) mass is 252 g/mol. The van der Waals surface area contributed by atoms with Crippen LogP contribution in [-0.2, 0) is 4.74 Å². The average Bonchev–Trinajstić information content (AvgIpc) is 2.22. The van der Waals surface area contributed by atoms with E-state index in [-0.39, 0.29) is 0 Å². The van der Waals surface area contributed by atoms with Gasteiger partial charge in [-0.3, -0.25) is 0 Å². The van der Waals surface area contributed by atoms with Crippen LogP contribution in [0.2, 0.25) is 0 Å². The summed E-state index contributed by atoms with van der Waals surface area (Å²) in [7, 11) is 0. The van der Waals surface area contributed by atoms with Crippen LogP contribution in [0.5, 0.6) is 0 Å². The molecule has 0 saturated heterocycles. The third-order valence-corrected chi connectivity index (χ3v) is 1.87. The number of carbonyl (C=O) groups excluding carboxylic acids is 1. The molecule has 0 aliphatic carbocycles. The number of rotatable bonds is 4. The Bertz CT molecular complexity index is 401. The smallest absolute Gasteiger partial charge is 0.407 e. The van der Waals surface area contributed by atoms with Crippen molar-refractivity contribution >= 4 is 12.0 Å². The second-order valence-corrected chi connectivity index (χ2v) is 4.88. The van der Waals surface area contributed by atoms with Crippen LogP contribution in [0.4, 0.5) is 10.7 Å². The van der Waals surface area contributed by atoms with E-state index in [1.54, 1.807) is 6.20 Å². The Labute approximate surface area is 107 Å². The molecule has 0 bridgehead atoms. The molecule has 1 aromatic rings. The summed E-state index contributed by atoms with van der Waals surface area (Å²) in [5.41, 5.74) is 0.421. The lowest BCUT2D eigenvalue weighted by Gasteiger charge is -2.19. The van der Waals surface area contributed by atoms with Gasteiger partial charge in [-0.05, 0) is 33.8 Å². The topological polar surface area (TPSA) is 76.1 Å². The number of nitrogens with zero attached hydrogens (tertiary/aromatic N) is 2. The standard InChI is InChI=1S/C12H20N4O2/c1-9-5-6-13-10(16-9)14-7-8-15-11(17)18-12(2,3)4/h5-6H,7-8H2,1-4H3,(H,15,17)(H,13,14,16). The molecule has 0 spiro atoms.